The summed E-state index contributed by atoms with van der Waals surface area (Å²) in [6, 6.07) is 8.80. The molecule has 0 aliphatic carbocycles. The van der Waals surface area contributed by atoms with Crippen LogP contribution >= 0.6 is 0 Å². The zero-order valence-electron chi connectivity index (χ0n) is 9.14. The van der Waals surface area contributed by atoms with Crippen molar-refractivity contribution < 1.29 is 14.6 Å². The van der Waals surface area contributed by atoms with Crippen molar-refractivity contribution in [3.8, 4) is 0 Å². The highest BCUT2D eigenvalue weighted by atomic mass is 16.5. The molecule has 1 aromatic rings. The Kier molecular flexibility index (Phi) is 5.31. The van der Waals surface area contributed by atoms with E-state index in [0.717, 1.165) is 0 Å². The van der Waals surface area contributed by atoms with Crippen molar-refractivity contribution in [2.24, 2.45) is 0 Å². The van der Waals surface area contributed by atoms with Gasteiger partial charge in [-0.05, 0) is 19.2 Å². The van der Waals surface area contributed by atoms with E-state index in [1.807, 2.05) is 18.2 Å². The Bertz CT molecular complexity index is 312. The quantitative estimate of drug-likeness (QED) is 0.692. The summed E-state index contributed by atoms with van der Waals surface area (Å²) in [6.45, 7) is 0.0563. The number of likely N-dealkylation sites (N-methyl/N-ethyl adjacent to an activating group) is 1. The summed E-state index contributed by atoms with van der Waals surface area (Å²) in [7, 11) is 1.69. The monoisotopic (exact) mass is 224 g/mol. The lowest BCUT2D eigenvalue weighted by atomic mass is 10.3. The molecule has 0 heterocycles. The number of hydrogen-bond acceptors (Lipinski definition) is 4. The van der Waals surface area contributed by atoms with Crippen molar-refractivity contribution in [3.63, 3.8) is 0 Å². The Balaban J connectivity index is 2.31. The van der Waals surface area contributed by atoms with Gasteiger partial charge in [0, 0.05) is 5.69 Å². The Morgan fingerprint density at radius 2 is 2.12 bits per heavy atom. The molecule has 0 saturated heterocycles. The van der Waals surface area contributed by atoms with Crippen molar-refractivity contribution in [1.29, 1.82) is 0 Å². The first kappa shape index (κ1) is 12.5. The van der Waals surface area contributed by atoms with E-state index in [4.69, 9.17) is 9.84 Å². The van der Waals surface area contributed by atoms with Crippen molar-refractivity contribution in [3.05, 3.63) is 30.3 Å². The summed E-state index contributed by atoms with van der Waals surface area (Å²) >= 11 is 0. The number of carbonyl (C=O) groups is 1. The maximum atomic E-state index is 11.3. The molecule has 0 radical (unpaired) electrons. The second kappa shape index (κ2) is 6.81. The predicted molar refractivity (Wildman–Crippen MR) is 61.3 cm³/mol. The molecule has 0 aliphatic heterocycles. The van der Waals surface area contributed by atoms with E-state index in [0.29, 0.717) is 5.69 Å². The third kappa shape index (κ3) is 4.29. The van der Waals surface area contributed by atoms with Gasteiger partial charge >= 0.3 is 6.09 Å². The molecular weight excluding hydrogens is 208 g/mol. The number of anilines is 1. The first-order valence-electron chi connectivity index (χ1n) is 5.03. The molecule has 0 aromatic heterocycles. The molecule has 16 heavy (non-hydrogen) atoms. The van der Waals surface area contributed by atoms with Crippen LogP contribution in [0.5, 0.6) is 0 Å². The number of benzene rings is 1. The van der Waals surface area contributed by atoms with Crippen molar-refractivity contribution in [2.45, 2.75) is 6.04 Å². The topological polar surface area (TPSA) is 70.6 Å². The SMILES string of the molecule is CNC(CO)COC(=O)Nc1ccccc1. The molecule has 0 spiro atoms. The summed E-state index contributed by atoms with van der Waals surface area (Å²) in [6.07, 6.45) is -0.528. The Labute approximate surface area is 94.4 Å². The smallest absolute Gasteiger partial charge is 0.411 e. The van der Waals surface area contributed by atoms with Crippen LogP contribution in [-0.2, 0) is 4.74 Å². The lowest BCUT2D eigenvalue weighted by Crippen LogP contribution is -2.35. The summed E-state index contributed by atoms with van der Waals surface area (Å²) in [5.74, 6) is 0. The molecule has 5 heteroatoms. The average Bonchev–Trinajstić information content (AvgIpc) is 2.31. The number of aliphatic hydroxyl groups is 1. The highest BCUT2D eigenvalue weighted by molar-refractivity contribution is 5.84. The van der Waals surface area contributed by atoms with Crippen LogP contribution < -0.4 is 10.6 Å². The lowest BCUT2D eigenvalue weighted by Gasteiger charge is -2.13. The highest BCUT2D eigenvalue weighted by Crippen LogP contribution is 2.05. The Hall–Kier alpha value is -1.59. The van der Waals surface area contributed by atoms with Gasteiger partial charge in [-0.2, -0.15) is 0 Å². The van der Waals surface area contributed by atoms with Gasteiger partial charge < -0.3 is 15.2 Å². The van der Waals surface area contributed by atoms with E-state index < -0.39 is 6.09 Å². The second-order valence-electron chi connectivity index (χ2n) is 3.26. The molecule has 1 amide bonds. The Morgan fingerprint density at radius 3 is 2.69 bits per heavy atom. The minimum absolute atomic E-state index is 0.0743. The molecule has 88 valence electrons. The number of nitrogens with one attached hydrogen (secondary N) is 2. The summed E-state index contributed by atoms with van der Waals surface area (Å²) in [5, 5.41) is 14.2. The Morgan fingerprint density at radius 1 is 1.44 bits per heavy atom. The molecule has 3 N–H and O–H groups in total. The molecule has 0 fully saturated rings. The predicted octanol–water partition coefficient (Wildman–Crippen LogP) is 0.815. The van der Waals surface area contributed by atoms with E-state index in [2.05, 4.69) is 10.6 Å². The molecule has 1 aromatic carbocycles. The van der Waals surface area contributed by atoms with E-state index in [1.165, 1.54) is 0 Å². The van der Waals surface area contributed by atoms with Crippen LogP contribution in [0.1, 0.15) is 0 Å². The number of carbonyl (C=O) groups excluding carboxylic acids is 1. The number of hydrogen-bond donors (Lipinski definition) is 3. The van der Waals surface area contributed by atoms with Crippen molar-refractivity contribution >= 4 is 11.8 Å². The molecule has 5 nitrogen and oxygen atoms in total. The second-order valence-corrected chi connectivity index (χ2v) is 3.26. The first-order valence-corrected chi connectivity index (χ1v) is 5.03. The molecular formula is C11H16N2O3. The van der Waals surface area contributed by atoms with Gasteiger partial charge in [-0.25, -0.2) is 4.79 Å². The van der Waals surface area contributed by atoms with Crippen molar-refractivity contribution in [2.75, 3.05) is 25.6 Å². The fraction of sp³-hybridized carbons (Fsp3) is 0.364. The summed E-state index contributed by atoms with van der Waals surface area (Å²) in [5.41, 5.74) is 0.678. The van der Waals surface area contributed by atoms with Gasteiger partial charge in [-0.1, -0.05) is 18.2 Å². The zero-order valence-corrected chi connectivity index (χ0v) is 9.14. The van der Waals surface area contributed by atoms with Gasteiger partial charge in [0.1, 0.15) is 6.61 Å². The van der Waals surface area contributed by atoms with Crippen LogP contribution in [0.4, 0.5) is 10.5 Å². The van der Waals surface area contributed by atoms with Crippen molar-refractivity contribution in [1.82, 2.24) is 5.32 Å². The minimum atomic E-state index is -0.528. The summed E-state index contributed by atoms with van der Waals surface area (Å²) in [4.78, 5) is 11.3. The minimum Gasteiger partial charge on any atom is -0.448 e. The molecule has 1 unspecified atom stereocenters. The third-order valence-electron chi connectivity index (χ3n) is 2.06. The highest BCUT2D eigenvalue weighted by Gasteiger charge is 2.08. The van der Waals surface area contributed by atoms with Gasteiger partial charge in [0.05, 0.1) is 12.6 Å². The fourth-order valence-electron chi connectivity index (χ4n) is 1.08. The molecule has 0 saturated carbocycles. The first-order chi connectivity index (χ1) is 7.76. The van der Waals surface area contributed by atoms with Gasteiger partial charge in [-0.15, -0.1) is 0 Å². The van der Waals surface area contributed by atoms with E-state index >= 15 is 0 Å². The number of amides is 1. The average molecular weight is 224 g/mol. The van der Waals surface area contributed by atoms with Gasteiger partial charge in [-0.3, -0.25) is 5.32 Å². The van der Waals surface area contributed by atoms with Crippen LogP contribution in [-0.4, -0.2) is 37.5 Å². The molecule has 0 aliphatic rings. The van der Waals surface area contributed by atoms with Gasteiger partial charge in [0.15, 0.2) is 0 Å². The van der Waals surface area contributed by atoms with E-state index in [-0.39, 0.29) is 19.3 Å². The molecule has 1 atom stereocenters. The number of rotatable bonds is 5. The van der Waals surface area contributed by atoms with Crippen LogP contribution in [0.25, 0.3) is 0 Å². The van der Waals surface area contributed by atoms with E-state index in [9.17, 15) is 4.79 Å². The maximum absolute atomic E-state index is 11.3. The van der Waals surface area contributed by atoms with Gasteiger partial charge in [0.2, 0.25) is 0 Å². The lowest BCUT2D eigenvalue weighted by molar-refractivity contribution is 0.130. The van der Waals surface area contributed by atoms with Crippen LogP contribution in [0.3, 0.4) is 0 Å². The number of para-hydroxylation sites is 1. The van der Waals surface area contributed by atoms with Crippen LogP contribution in [0.15, 0.2) is 30.3 Å². The van der Waals surface area contributed by atoms with Crippen LogP contribution in [0.2, 0.25) is 0 Å². The zero-order chi connectivity index (χ0) is 11.8. The normalized spacial score (nSPS) is 11.9. The fourth-order valence-corrected chi connectivity index (χ4v) is 1.08. The molecule has 1 rings (SSSR count). The maximum Gasteiger partial charge on any atom is 0.411 e. The largest absolute Gasteiger partial charge is 0.448 e. The molecule has 0 bridgehead atoms. The van der Waals surface area contributed by atoms with Gasteiger partial charge in [0.25, 0.3) is 0 Å². The number of ether oxygens (including phenoxy) is 1. The van der Waals surface area contributed by atoms with Crippen LogP contribution in [0, 0.1) is 0 Å². The standard InChI is InChI=1S/C11H16N2O3/c1-12-10(7-14)8-16-11(15)13-9-5-3-2-4-6-9/h2-6,10,12,14H,7-8H2,1H3,(H,13,15). The third-order valence-corrected chi connectivity index (χ3v) is 2.06. The van der Waals surface area contributed by atoms with E-state index in [1.54, 1.807) is 19.2 Å². The number of aliphatic hydroxyl groups excluding tert-OH is 1. The summed E-state index contributed by atoms with van der Waals surface area (Å²) < 4.78 is 4.92.